The van der Waals surface area contributed by atoms with Crippen LogP contribution in [0.25, 0.3) is 0 Å². The first-order valence-corrected chi connectivity index (χ1v) is 7.21. The van der Waals surface area contributed by atoms with Crippen LogP contribution in [0.2, 0.25) is 0 Å². The Morgan fingerprint density at radius 1 is 1.32 bits per heavy atom. The van der Waals surface area contributed by atoms with Gasteiger partial charge in [-0.3, -0.25) is 4.90 Å². The van der Waals surface area contributed by atoms with Crippen molar-refractivity contribution in [1.82, 2.24) is 4.90 Å². The van der Waals surface area contributed by atoms with Crippen molar-refractivity contribution in [3.8, 4) is 5.75 Å². The Balaban J connectivity index is 1.94. The number of benzene rings is 1. The molecule has 0 aliphatic carbocycles. The van der Waals surface area contributed by atoms with Crippen LogP contribution in [-0.2, 0) is 6.54 Å². The SMILES string of the molecule is CCOc1ccc(CN2CCC(N)C(C)(C)C2)cc1. The summed E-state index contributed by atoms with van der Waals surface area (Å²) in [7, 11) is 0. The van der Waals surface area contributed by atoms with Gasteiger partial charge in [0.2, 0.25) is 0 Å². The van der Waals surface area contributed by atoms with E-state index >= 15 is 0 Å². The van der Waals surface area contributed by atoms with Gasteiger partial charge in [0.1, 0.15) is 5.75 Å². The standard InChI is InChI=1S/C16H26N2O/c1-4-19-14-7-5-13(6-8-14)11-18-10-9-15(17)16(2,3)12-18/h5-8,15H,4,9-12,17H2,1-3H3. The zero-order chi connectivity index (χ0) is 13.9. The van der Waals surface area contributed by atoms with E-state index in [2.05, 4.69) is 43.0 Å². The van der Waals surface area contributed by atoms with Crippen LogP contribution in [0.4, 0.5) is 0 Å². The first-order valence-electron chi connectivity index (χ1n) is 7.21. The number of hydrogen-bond donors (Lipinski definition) is 1. The molecule has 1 aromatic rings. The van der Waals surface area contributed by atoms with E-state index in [9.17, 15) is 0 Å². The summed E-state index contributed by atoms with van der Waals surface area (Å²) in [5, 5.41) is 0. The van der Waals surface area contributed by atoms with Crippen LogP contribution in [0.5, 0.6) is 5.75 Å². The van der Waals surface area contributed by atoms with Gasteiger partial charge < -0.3 is 10.5 Å². The molecular weight excluding hydrogens is 236 g/mol. The molecular formula is C16H26N2O. The summed E-state index contributed by atoms with van der Waals surface area (Å²) < 4.78 is 5.47. The minimum absolute atomic E-state index is 0.212. The Morgan fingerprint density at radius 2 is 2.00 bits per heavy atom. The molecule has 1 fully saturated rings. The van der Waals surface area contributed by atoms with E-state index in [-0.39, 0.29) is 5.41 Å². The second-order valence-electron chi connectivity index (χ2n) is 6.17. The molecule has 1 saturated heterocycles. The lowest BCUT2D eigenvalue weighted by Crippen LogP contribution is -2.52. The molecule has 1 unspecified atom stereocenters. The van der Waals surface area contributed by atoms with Crippen LogP contribution < -0.4 is 10.5 Å². The van der Waals surface area contributed by atoms with Crippen molar-refractivity contribution in [1.29, 1.82) is 0 Å². The fraction of sp³-hybridized carbons (Fsp3) is 0.625. The number of hydrogen-bond acceptors (Lipinski definition) is 3. The summed E-state index contributed by atoms with van der Waals surface area (Å²) in [6.45, 7) is 10.4. The van der Waals surface area contributed by atoms with E-state index in [1.807, 2.05) is 6.92 Å². The Morgan fingerprint density at radius 3 is 2.58 bits per heavy atom. The second-order valence-corrected chi connectivity index (χ2v) is 6.17. The van der Waals surface area contributed by atoms with E-state index in [0.29, 0.717) is 6.04 Å². The Kier molecular flexibility index (Phi) is 4.48. The maximum absolute atomic E-state index is 6.18. The van der Waals surface area contributed by atoms with E-state index in [4.69, 9.17) is 10.5 Å². The van der Waals surface area contributed by atoms with Crippen molar-refractivity contribution < 1.29 is 4.74 Å². The highest BCUT2D eigenvalue weighted by Crippen LogP contribution is 2.28. The van der Waals surface area contributed by atoms with Gasteiger partial charge in [0, 0.05) is 25.7 Å². The molecule has 19 heavy (non-hydrogen) atoms. The fourth-order valence-corrected chi connectivity index (χ4v) is 2.74. The molecule has 0 radical (unpaired) electrons. The van der Waals surface area contributed by atoms with Crippen LogP contribution in [0.15, 0.2) is 24.3 Å². The van der Waals surface area contributed by atoms with Crippen LogP contribution in [0.1, 0.15) is 32.8 Å². The number of piperidine rings is 1. The normalized spacial score (nSPS) is 23.3. The zero-order valence-corrected chi connectivity index (χ0v) is 12.4. The third-order valence-corrected chi connectivity index (χ3v) is 4.03. The van der Waals surface area contributed by atoms with Gasteiger partial charge >= 0.3 is 0 Å². The average Bonchev–Trinajstić information content (AvgIpc) is 2.36. The fourth-order valence-electron chi connectivity index (χ4n) is 2.74. The third-order valence-electron chi connectivity index (χ3n) is 4.03. The lowest BCUT2D eigenvalue weighted by molar-refractivity contribution is 0.0899. The molecule has 2 N–H and O–H groups in total. The number of nitrogens with two attached hydrogens (primary N) is 1. The summed E-state index contributed by atoms with van der Waals surface area (Å²) in [6, 6.07) is 8.75. The molecule has 1 heterocycles. The summed E-state index contributed by atoms with van der Waals surface area (Å²) in [4.78, 5) is 2.50. The topological polar surface area (TPSA) is 38.5 Å². The molecule has 0 amide bonds. The van der Waals surface area contributed by atoms with Crippen molar-refractivity contribution in [2.24, 2.45) is 11.1 Å². The van der Waals surface area contributed by atoms with Crippen LogP contribution in [-0.4, -0.2) is 30.6 Å². The van der Waals surface area contributed by atoms with Crippen LogP contribution in [0.3, 0.4) is 0 Å². The highest BCUT2D eigenvalue weighted by Gasteiger charge is 2.33. The van der Waals surface area contributed by atoms with Gasteiger partial charge in [-0.25, -0.2) is 0 Å². The minimum atomic E-state index is 0.212. The second kappa shape index (κ2) is 5.93. The van der Waals surface area contributed by atoms with E-state index in [0.717, 1.165) is 38.4 Å². The molecule has 106 valence electrons. The summed E-state index contributed by atoms with van der Waals surface area (Å²) >= 11 is 0. The molecule has 1 aliphatic rings. The smallest absolute Gasteiger partial charge is 0.119 e. The average molecular weight is 262 g/mol. The largest absolute Gasteiger partial charge is 0.494 e. The number of rotatable bonds is 4. The van der Waals surface area contributed by atoms with Crippen molar-refractivity contribution in [2.45, 2.75) is 39.8 Å². The Bertz CT molecular complexity index is 400. The highest BCUT2D eigenvalue weighted by atomic mass is 16.5. The molecule has 0 spiro atoms. The molecule has 0 bridgehead atoms. The lowest BCUT2D eigenvalue weighted by Gasteiger charge is -2.42. The van der Waals surface area contributed by atoms with Crippen LogP contribution >= 0.6 is 0 Å². The van der Waals surface area contributed by atoms with E-state index in [1.54, 1.807) is 0 Å². The molecule has 1 aliphatic heterocycles. The van der Waals surface area contributed by atoms with Crippen molar-refractivity contribution in [2.75, 3.05) is 19.7 Å². The van der Waals surface area contributed by atoms with Crippen molar-refractivity contribution >= 4 is 0 Å². The van der Waals surface area contributed by atoms with Crippen molar-refractivity contribution in [3.63, 3.8) is 0 Å². The summed E-state index contributed by atoms with van der Waals surface area (Å²) in [5.74, 6) is 0.951. The molecule has 3 heteroatoms. The van der Waals surface area contributed by atoms with Gasteiger partial charge in [-0.1, -0.05) is 26.0 Å². The quantitative estimate of drug-likeness (QED) is 0.906. The predicted molar refractivity (Wildman–Crippen MR) is 79.3 cm³/mol. The maximum atomic E-state index is 6.18. The number of nitrogens with zero attached hydrogens (tertiary/aromatic N) is 1. The maximum Gasteiger partial charge on any atom is 0.119 e. The highest BCUT2D eigenvalue weighted by molar-refractivity contribution is 5.27. The Labute approximate surface area is 116 Å². The molecule has 3 nitrogen and oxygen atoms in total. The summed E-state index contributed by atoms with van der Waals surface area (Å²) in [5.41, 5.74) is 7.73. The zero-order valence-electron chi connectivity index (χ0n) is 12.4. The predicted octanol–water partition coefficient (Wildman–Crippen LogP) is 2.64. The van der Waals surface area contributed by atoms with Gasteiger partial charge in [-0.05, 0) is 36.5 Å². The number of likely N-dealkylation sites (tertiary alicyclic amines) is 1. The summed E-state index contributed by atoms with van der Waals surface area (Å²) in [6.07, 6.45) is 1.09. The molecule has 2 rings (SSSR count). The first kappa shape index (κ1) is 14.4. The minimum Gasteiger partial charge on any atom is -0.494 e. The van der Waals surface area contributed by atoms with Gasteiger partial charge in [-0.2, -0.15) is 0 Å². The van der Waals surface area contributed by atoms with E-state index in [1.165, 1.54) is 5.56 Å². The monoisotopic (exact) mass is 262 g/mol. The first-order chi connectivity index (χ1) is 9.01. The number of ether oxygens (including phenoxy) is 1. The van der Waals surface area contributed by atoms with Gasteiger partial charge in [0.25, 0.3) is 0 Å². The van der Waals surface area contributed by atoms with Crippen LogP contribution in [0, 0.1) is 5.41 Å². The van der Waals surface area contributed by atoms with E-state index < -0.39 is 0 Å². The molecule has 0 saturated carbocycles. The van der Waals surface area contributed by atoms with Gasteiger partial charge in [0.15, 0.2) is 0 Å². The third kappa shape index (κ3) is 3.71. The van der Waals surface area contributed by atoms with Crippen molar-refractivity contribution in [3.05, 3.63) is 29.8 Å². The molecule has 1 atom stereocenters. The van der Waals surface area contributed by atoms with Gasteiger partial charge in [-0.15, -0.1) is 0 Å². The molecule has 1 aromatic carbocycles. The Hall–Kier alpha value is -1.06. The molecule has 0 aromatic heterocycles. The van der Waals surface area contributed by atoms with Gasteiger partial charge in [0.05, 0.1) is 6.61 Å². The lowest BCUT2D eigenvalue weighted by atomic mass is 9.79.